The first-order valence-corrected chi connectivity index (χ1v) is 10.8. The fraction of sp³-hybridized carbons (Fsp3) is 0.269. The van der Waals surface area contributed by atoms with Crippen molar-refractivity contribution >= 4 is 11.2 Å². The van der Waals surface area contributed by atoms with Crippen LogP contribution in [-0.4, -0.2) is 20.6 Å². The highest BCUT2D eigenvalue weighted by Gasteiger charge is 2.26. The van der Waals surface area contributed by atoms with Crippen LogP contribution in [0.4, 0.5) is 5.69 Å². The molecule has 2 N–H and O–H groups in total. The third-order valence-electron chi connectivity index (χ3n) is 6.37. The zero-order chi connectivity index (χ0) is 21.4. The van der Waals surface area contributed by atoms with E-state index >= 15 is 0 Å². The van der Waals surface area contributed by atoms with Crippen molar-refractivity contribution in [1.82, 2.24) is 14.6 Å². The zero-order valence-corrected chi connectivity index (χ0v) is 17.6. The quantitative estimate of drug-likeness (QED) is 0.430. The summed E-state index contributed by atoms with van der Waals surface area (Å²) in [5, 5.41) is 8.97. The Hall–Kier alpha value is -3.49. The molecule has 0 radical (unpaired) electrons. The summed E-state index contributed by atoms with van der Waals surface area (Å²) in [6.45, 7) is 9.35. The molecule has 5 heteroatoms. The SMILES string of the molecule is [C-]#[N+]c1ccc(-c2cc3c(C4CCC[C@@H](N)C4)nncn3c2-c2ccc(C)cc2)cc1. The van der Waals surface area contributed by atoms with Gasteiger partial charge in [0.1, 0.15) is 6.33 Å². The summed E-state index contributed by atoms with van der Waals surface area (Å²) in [5.41, 5.74) is 14.7. The van der Waals surface area contributed by atoms with Crippen molar-refractivity contribution in [2.24, 2.45) is 5.73 Å². The zero-order valence-electron chi connectivity index (χ0n) is 17.6. The molecule has 1 unspecified atom stereocenters. The Morgan fingerprint density at radius 3 is 2.48 bits per heavy atom. The van der Waals surface area contributed by atoms with Crippen molar-refractivity contribution < 1.29 is 0 Å². The highest BCUT2D eigenvalue weighted by atomic mass is 15.2. The van der Waals surface area contributed by atoms with Gasteiger partial charge < -0.3 is 5.73 Å². The molecule has 1 fully saturated rings. The summed E-state index contributed by atoms with van der Waals surface area (Å²) in [4.78, 5) is 3.53. The monoisotopic (exact) mass is 407 g/mol. The molecule has 2 atom stereocenters. The normalized spacial score (nSPS) is 18.7. The third kappa shape index (κ3) is 3.60. The summed E-state index contributed by atoms with van der Waals surface area (Å²) in [5.74, 6) is 0.332. The van der Waals surface area contributed by atoms with Gasteiger partial charge in [-0.3, -0.25) is 4.40 Å². The lowest BCUT2D eigenvalue weighted by Crippen LogP contribution is -2.27. The molecular formula is C26H25N5. The van der Waals surface area contributed by atoms with Gasteiger partial charge in [0.25, 0.3) is 0 Å². The van der Waals surface area contributed by atoms with E-state index in [0.29, 0.717) is 11.6 Å². The van der Waals surface area contributed by atoms with Crippen molar-refractivity contribution in [3.63, 3.8) is 0 Å². The van der Waals surface area contributed by atoms with Crippen molar-refractivity contribution in [2.75, 3.05) is 0 Å². The van der Waals surface area contributed by atoms with E-state index in [-0.39, 0.29) is 6.04 Å². The van der Waals surface area contributed by atoms with Crippen LogP contribution in [0, 0.1) is 13.5 Å². The Kier molecular flexibility index (Phi) is 5.01. The Balaban J connectivity index is 1.74. The Morgan fingerprint density at radius 2 is 1.77 bits per heavy atom. The number of fused-ring (bicyclic) bond motifs is 1. The average molecular weight is 408 g/mol. The van der Waals surface area contributed by atoms with E-state index in [2.05, 4.69) is 56.7 Å². The Labute approximate surface area is 182 Å². The van der Waals surface area contributed by atoms with Gasteiger partial charge >= 0.3 is 0 Å². The van der Waals surface area contributed by atoms with E-state index in [1.54, 1.807) is 0 Å². The van der Waals surface area contributed by atoms with Crippen LogP contribution in [0.2, 0.25) is 0 Å². The first kappa shape index (κ1) is 19.5. The van der Waals surface area contributed by atoms with E-state index in [0.717, 1.165) is 59.3 Å². The van der Waals surface area contributed by atoms with Gasteiger partial charge in [0, 0.05) is 17.5 Å². The second-order valence-corrected chi connectivity index (χ2v) is 8.53. The van der Waals surface area contributed by atoms with Crippen LogP contribution in [0.5, 0.6) is 0 Å². The predicted molar refractivity (Wildman–Crippen MR) is 124 cm³/mol. The van der Waals surface area contributed by atoms with E-state index in [9.17, 15) is 0 Å². The minimum absolute atomic E-state index is 0.230. The molecule has 2 heterocycles. The summed E-state index contributed by atoms with van der Waals surface area (Å²) in [6.07, 6.45) is 6.08. The molecule has 1 aliphatic carbocycles. The van der Waals surface area contributed by atoms with Crippen LogP contribution >= 0.6 is 0 Å². The van der Waals surface area contributed by atoms with Crippen LogP contribution in [-0.2, 0) is 0 Å². The average Bonchev–Trinajstić information content (AvgIpc) is 3.19. The highest BCUT2D eigenvalue weighted by molar-refractivity contribution is 5.88. The number of aromatic nitrogens is 3. The van der Waals surface area contributed by atoms with Gasteiger partial charge in [-0.05, 0) is 43.4 Å². The second-order valence-electron chi connectivity index (χ2n) is 8.53. The molecule has 4 aromatic rings. The molecule has 0 aliphatic heterocycles. The molecule has 31 heavy (non-hydrogen) atoms. The van der Waals surface area contributed by atoms with E-state index in [1.807, 2.05) is 30.6 Å². The van der Waals surface area contributed by atoms with Crippen molar-refractivity contribution in [3.8, 4) is 22.4 Å². The number of hydrogen-bond acceptors (Lipinski definition) is 3. The van der Waals surface area contributed by atoms with Gasteiger partial charge in [-0.15, -0.1) is 5.10 Å². The molecule has 0 amide bonds. The number of nitrogens with two attached hydrogens (primary N) is 1. The van der Waals surface area contributed by atoms with Gasteiger partial charge in [-0.25, -0.2) is 4.85 Å². The first-order valence-electron chi connectivity index (χ1n) is 10.8. The van der Waals surface area contributed by atoms with E-state index < -0.39 is 0 Å². The van der Waals surface area contributed by atoms with Crippen LogP contribution in [0.25, 0.3) is 32.7 Å². The lowest BCUT2D eigenvalue weighted by atomic mass is 9.84. The van der Waals surface area contributed by atoms with Crippen LogP contribution in [0.15, 0.2) is 60.9 Å². The highest BCUT2D eigenvalue weighted by Crippen LogP contribution is 2.40. The maximum absolute atomic E-state index is 7.26. The van der Waals surface area contributed by atoms with Crippen molar-refractivity contribution in [3.05, 3.63) is 83.6 Å². The van der Waals surface area contributed by atoms with Crippen LogP contribution < -0.4 is 5.73 Å². The molecule has 2 aromatic heterocycles. The molecule has 0 bridgehead atoms. The van der Waals surface area contributed by atoms with Crippen molar-refractivity contribution in [1.29, 1.82) is 0 Å². The van der Waals surface area contributed by atoms with Gasteiger partial charge in [0.05, 0.1) is 23.5 Å². The van der Waals surface area contributed by atoms with Gasteiger partial charge in [-0.1, -0.05) is 60.5 Å². The molecule has 5 rings (SSSR count). The van der Waals surface area contributed by atoms with Crippen molar-refractivity contribution in [2.45, 2.75) is 44.6 Å². The minimum atomic E-state index is 0.230. The number of rotatable bonds is 3. The van der Waals surface area contributed by atoms with Gasteiger partial charge in [-0.2, -0.15) is 5.10 Å². The number of aryl methyl sites for hydroxylation is 1. The summed E-state index contributed by atoms with van der Waals surface area (Å²) in [6, 6.07) is 18.8. The Bertz CT molecular complexity index is 1260. The maximum atomic E-state index is 7.26. The standard InChI is InChI=1S/C26H25N5/c1-17-6-8-19(9-7-17)26-23(18-10-12-22(28-2)13-11-18)15-24-25(30-29-16-31(24)26)20-4-3-5-21(27)14-20/h6-13,15-16,20-21H,3-5,14,27H2,1H3/t20?,21-/m1/s1. The lowest BCUT2D eigenvalue weighted by Gasteiger charge is -2.26. The minimum Gasteiger partial charge on any atom is -0.328 e. The van der Waals surface area contributed by atoms with E-state index in [4.69, 9.17) is 12.3 Å². The number of nitrogens with zero attached hydrogens (tertiary/aromatic N) is 4. The number of hydrogen-bond donors (Lipinski definition) is 1. The molecule has 1 saturated carbocycles. The summed E-state index contributed by atoms with van der Waals surface area (Å²) >= 11 is 0. The summed E-state index contributed by atoms with van der Waals surface area (Å²) < 4.78 is 2.17. The molecule has 0 saturated heterocycles. The molecule has 154 valence electrons. The van der Waals surface area contributed by atoms with Gasteiger partial charge in [0.2, 0.25) is 0 Å². The molecule has 1 aliphatic rings. The topological polar surface area (TPSA) is 60.6 Å². The molecular weight excluding hydrogens is 382 g/mol. The number of benzene rings is 2. The maximum Gasteiger partial charge on any atom is 0.187 e. The largest absolute Gasteiger partial charge is 0.328 e. The van der Waals surface area contributed by atoms with Crippen LogP contribution in [0.3, 0.4) is 0 Å². The fourth-order valence-corrected chi connectivity index (χ4v) is 4.74. The van der Waals surface area contributed by atoms with Gasteiger partial charge in [0.15, 0.2) is 5.69 Å². The first-order chi connectivity index (χ1) is 15.1. The molecule has 5 nitrogen and oxygen atoms in total. The molecule has 2 aromatic carbocycles. The Morgan fingerprint density at radius 1 is 1.03 bits per heavy atom. The molecule has 0 spiro atoms. The fourth-order valence-electron chi connectivity index (χ4n) is 4.74. The third-order valence-corrected chi connectivity index (χ3v) is 6.37. The second kappa shape index (κ2) is 7.98. The van der Waals surface area contributed by atoms with E-state index in [1.165, 1.54) is 5.56 Å². The smallest absolute Gasteiger partial charge is 0.187 e. The predicted octanol–water partition coefficient (Wildman–Crippen LogP) is 5.91. The summed E-state index contributed by atoms with van der Waals surface area (Å²) in [7, 11) is 0. The van der Waals surface area contributed by atoms with Crippen LogP contribution in [0.1, 0.15) is 42.9 Å². The lowest BCUT2D eigenvalue weighted by molar-refractivity contribution is 0.387.